The molecule has 190 valence electrons. The number of hydrogen-bond donors (Lipinski definition) is 2. The fourth-order valence-corrected chi connectivity index (χ4v) is 4.96. The van der Waals surface area contributed by atoms with Crippen LogP contribution in [0.15, 0.2) is 77.7 Å². The lowest BCUT2D eigenvalue weighted by atomic mass is 9.86. The van der Waals surface area contributed by atoms with Gasteiger partial charge >= 0.3 is 0 Å². The zero-order valence-corrected chi connectivity index (χ0v) is 21.0. The first kappa shape index (κ1) is 24.1. The third-order valence-electron chi connectivity index (χ3n) is 6.72. The van der Waals surface area contributed by atoms with Gasteiger partial charge < -0.3 is 16.0 Å². The summed E-state index contributed by atoms with van der Waals surface area (Å²) in [7, 11) is 0. The Morgan fingerprint density at radius 3 is 2.71 bits per heavy atom. The van der Waals surface area contributed by atoms with Crippen LogP contribution in [0.4, 0.5) is 16.0 Å². The lowest BCUT2D eigenvalue weighted by Crippen LogP contribution is -2.31. The van der Waals surface area contributed by atoms with Crippen LogP contribution in [-0.2, 0) is 6.42 Å². The second-order valence-corrected chi connectivity index (χ2v) is 9.67. The third kappa shape index (κ3) is 4.62. The average Bonchev–Trinajstić information content (AvgIpc) is 3.29. The highest BCUT2D eigenvalue weighted by Crippen LogP contribution is 2.40. The Hall–Kier alpha value is -4.21. The lowest BCUT2D eigenvalue weighted by Gasteiger charge is -2.21. The molecule has 0 bridgehead atoms. The van der Waals surface area contributed by atoms with E-state index in [2.05, 4.69) is 20.3 Å². The number of aromatic nitrogens is 3. The van der Waals surface area contributed by atoms with Crippen LogP contribution in [0.25, 0.3) is 11.1 Å². The molecule has 6 rings (SSSR count). The van der Waals surface area contributed by atoms with E-state index in [0.717, 1.165) is 23.2 Å². The maximum absolute atomic E-state index is 14.7. The maximum Gasteiger partial charge on any atom is 0.253 e. The normalized spacial score (nSPS) is 18.4. The lowest BCUT2D eigenvalue weighted by molar-refractivity contribution is 0.0791. The van der Waals surface area contributed by atoms with Crippen LogP contribution in [-0.4, -0.2) is 50.1 Å². The van der Waals surface area contributed by atoms with Crippen LogP contribution in [0.2, 0.25) is 0 Å². The van der Waals surface area contributed by atoms with Gasteiger partial charge in [0.25, 0.3) is 5.91 Å². The van der Waals surface area contributed by atoms with E-state index in [9.17, 15) is 9.18 Å². The number of nitrogens with zero attached hydrogens (tertiary/aromatic N) is 5. The minimum Gasteiger partial charge on any atom is -0.337 e. The van der Waals surface area contributed by atoms with Crippen molar-refractivity contribution in [3.05, 3.63) is 101 Å². The van der Waals surface area contributed by atoms with Crippen LogP contribution in [0, 0.1) is 5.82 Å². The SMILES string of the molecule is NC1CCN(C(=O)c2ccc(Nc3ncc4c(n3)C3=CN=C(Cl)C=C(c5ncccc5F)C3=CC4)cc2)C1. The number of likely N-dealkylation sites (tertiary alicyclic amines) is 1. The highest BCUT2D eigenvalue weighted by atomic mass is 35.5. The van der Waals surface area contributed by atoms with Crippen molar-refractivity contribution in [1.29, 1.82) is 0 Å². The van der Waals surface area contributed by atoms with Crippen LogP contribution >= 0.6 is 11.6 Å². The standard InChI is InChI=1S/C28H23ClFN7O/c29-24-12-21(26-23(30)2-1-10-32-26)20-8-5-17-13-34-28(36-25(17)22(20)14-33-24)35-19-6-3-16(4-7-19)27(38)37-11-9-18(31)15-37/h1-4,6-8,10,12-14,18H,5,9,11,15,31H2,(H,34,35,36). The van der Waals surface area contributed by atoms with Gasteiger partial charge in [-0.05, 0) is 60.9 Å². The summed E-state index contributed by atoms with van der Waals surface area (Å²) in [5.41, 5.74) is 11.0. The molecule has 0 saturated carbocycles. The minimum absolute atomic E-state index is 0.0263. The molecule has 0 spiro atoms. The Labute approximate surface area is 223 Å². The first-order chi connectivity index (χ1) is 18.5. The molecular weight excluding hydrogens is 505 g/mol. The van der Waals surface area contributed by atoms with Gasteiger partial charge in [0.15, 0.2) is 0 Å². The molecule has 3 aromatic rings. The number of amides is 1. The molecule has 1 aliphatic carbocycles. The number of rotatable bonds is 4. The quantitative estimate of drug-likeness (QED) is 0.517. The van der Waals surface area contributed by atoms with Gasteiger partial charge in [-0.15, -0.1) is 0 Å². The Bertz CT molecular complexity index is 1560. The molecule has 3 N–H and O–H groups in total. The highest BCUT2D eigenvalue weighted by Gasteiger charge is 2.27. The fourth-order valence-electron chi connectivity index (χ4n) is 4.80. The molecule has 1 unspecified atom stereocenters. The molecule has 1 saturated heterocycles. The zero-order valence-electron chi connectivity index (χ0n) is 20.2. The highest BCUT2D eigenvalue weighted by molar-refractivity contribution is 6.69. The maximum atomic E-state index is 14.7. The summed E-state index contributed by atoms with van der Waals surface area (Å²) in [5.74, 6) is -0.0957. The first-order valence-electron chi connectivity index (χ1n) is 12.2. The number of pyridine rings is 1. The number of carbonyl (C=O) groups is 1. The molecule has 1 aromatic carbocycles. The summed E-state index contributed by atoms with van der Waals surface area (Å²) in [6.45, 7) is 1.25. The van der Waals surface area contributed by atoms with Gasteiger partial charge in [0, 0.05) is 65.7 Å². The Kier molecular flexibility index (Phi) is 6.30. The van der Waals surface area contributed by atoms with E-state index in [1.807, 2.05) is 18.2 Å². The number of aliphatic imine (C=N–C) groups is 1. The number of benzene rings is 1. The largest absolute Gasteiger partial charge is 0.337 e. The number of carbonyl (C=O) groups excluding carboxylic acids is 1. The van der Waals surface area contributed by atoms with Crippen molar-refractivity contribution in [2.75, 3.05) is 18.4 Å². The predicted molar refractivity (Wildman–Crippen MR) is 145 cm³/mol. The monoisotopic (exact) mass is 527 g/mol. The van der Waals surface area contributed by atoms with Crippen molar-refractivity contribution in [2.45, 2.75) is 18.9 Å². The number of fused-ring (bicyclic) bond motifs is 3. The number of allylic oxidation sites excluding steroid dienone is 5. The molecule has 0 radical (unpaired) electrons. The molecule has 4 heterocycles. The van der Waals surface area contributed by atoms with E-state index in [4.69, 9.17) is 22.3 Å². The van der Waals surface area contributed by atoms with Gasteiger partial charge in [0.1, 0.15) is 16.7 Å². The van der Waals surface area contributed by atoms with E-state index >= 15 is 0 Å². The van der Waals surface area contributed by atoms with Crippen molar-refractivity contribution in [1.82, 2.24) is 19.9 Å². The van der Waals surface area contributed by atoms with Crippen molar-refractivity contribution >= 4 is 45.5 Å². The summed E-state index contributed by atoms with van der Waals surface area (Å²) in [6.07, 6.45) is 9.92. The first-order valence-corrected chi connectivity index (χ1v) is 12.6. The van der Waals surface area contributed by atoms with Gasteiger partial charge in [-0.25, -0.2) is 19.4 Å². The smallest absolute Gasteiger partial charge is 0.253 e. The Balaban J connectivity index is 1.27. The number of anilines is 2. The fraction of sp³-hybridized carbons (Fsp3) is 0.179. The number of nitrogens with two attached hydrogens (primary N) is 1. The molecule has 8 nitrogen and oxygen atoms in total. The zero-order chi connectivity index (χ0) is 26.2. The van der Waals surface area contributed by atoms with Crippen molar-refractivity contribution in [2.24, 2.45) is 10.7 Å². The number of hydrogen-bond acceptors (Lipinski definition) is 7. The van der Waals surface area contributed by atoms with Gasteiger partial charge in [-0.3, -0.25) is 9.78 Å². The van der Waals surface area contributed by atoms with Crippen LogP contribution in [0.3, 0.4) is 0 Å². The van der Waals surface area contributed by atoms with E-state index < -0.39 is 5.82 Å². The second-order valence-electron chi connectivity index (χ2n) is 9.28. The second kappa shape index (κ2) is 9.92. The van der Waals surface area contributed by atoms with Gasteiger partial charge in [-0.1, -0.05) is 17.7 Å². The molecule has 1 atom stereocenters. The summed E-state index contributed by atoms with van der Waals surface area (Å²) in [4.78, 5) is 32.3. The molecule has 10 heteroatoms. The van der Waals surface area contributed by atoms with Crippen LogP contribution < -0.4 is 11.1 Å². The summed E-state index contributed by atoms with van der Waals surface area (Å²) < 4.78 is 14.7. The molecule has 1 fully saturated rings. The topological polar surface area (TPSA) is 109 Å². The molecule has 38 heavy (non-hydrogen) atoms. The Morgan fingerprint density at radius 2 is 1.95 bits per heavy atom. The van der Waals surface area contributed by atoms with Crippen LogP contribution in [0.1, 0.15) is 33.7 Å². The number of halogens is 2. The van der Waals surface area contributed by atoms with E-state index in [1.54, 1.807) is 47.8 Å². The van der Waals surface area contributed by atoms with E-state index in [-0.39, 0.29) is 22.8 Å². The van der Waals surface area contributed by atoms with Gasteiger partial charge in [-0.2, -0.15) is 0 Å². The van der Waals surface area contributed by atoms with Crippen LogP contribution in [0.5, 0.6) is 0 Å². The molecule has 1 amide bonds. The minimum atomic E-state index is -0.448. The van der Waals surface area contributed by atoms with Gasteiger partial charge in [0.2, 0.25) is 5.95 Å². The predicted octanol–water partition coefficient (Wildman–Crippen LogP) is 4.49. The average molecular weight is 528 g/mol. The summed E-state index contributed by atoms with van der Waals surface area (Å²) in [6, 6.07) is 10.1. The molecular formula is C28H23ClFN7O. The molecule has 3 aliphatic rings. The van der Waals surface area contributed by atoms with Crippen molar-refractivity contribution in [3.63, 3.8) is 0 Å². The summed E-state index contributed by atoms with van der Waals surface area (Å²) >= 11 is 6.31. The number of nitrogens with one attached hydrogen (secondary N) is 1. The molecule has 2 aliphatic heterocycles. The van der Waals surface area contributed by atoms with Gasteiger partial charge in [0.05, 0.1) is 5.69 Å². The summed E-state index contributed by atoms with van der Waals surface area (Å²) in [5, 5.41) is 3.42. The van der Waals surface area contributed by atoms with Crippen molar-refractivity contribution in [3.8, 4) is 0 Å². The molecule has 2 aromatic heterocycles. The van der Waals surface area contributed by atoms with E-state index in [0.29, 0.717) is 47.9 Å². The van der Waals surface area contributed by atoms with E-state index in [1.165, 1.54) is 6.07 Å². The van der Waals surface area contributed by atoms with Crippen molar-refractivity contribution < 1.29 is 9.18 Å². The Morgan fingerprint density at radius 1 is 1.11 bits per heavy atom. The third-order valence-corrected chi connectivity index (χ3v) is 6.93.